The van der Waals surface area contributed by atoms with Crippen LogP contribution in [0.15, 0.2) is 48.4 Å². The van der Waals surface area contributed by atoms with E-state index in [1.54, 1.807) is 12.3 Å². The van der Waals surface area contributed by atoms with E-state index in [0.29, 0.717) is 25.2 Å². The number of likely N-dealkylation sites (tertiary alicyclic amines) is 1. The SMILES string of the molecule is O=C(O)c1cn(C[C@@H]2CCCN(C(=O)C3=Cc4ccccc4OC=C3)C2)nn1. The van der Waals surface area contributed by atoms with Gasteiger partial charge in [0.1, 0.15) is 5.75 Å². The van der Waals surface area contributed by atoms with Gasteiger partial charge >= 0.3 is 5.97 Å². The van der Waals surface area contributed by atoms with E-state index in [-0.39, 0.29) is 17.5 Å². The zero-order chi connectivity index (χ0) is 19.5. The fourth-order valence-corrected chi connectivity index (χ4v) is 3.57. The minimum atomic E-state index is -1.10. The number of carboxylic acid groups (broad SMARTS) is 1. The van der Waals surface area contributed by atoms with Crippen LogP contribution in [0, 0.1) is 5.92 Å². The number of carbonyl (C=O) groups excluding carboxylic acids is 1. The molecule has 8 heteroatoms. The van der Waals surface area contributed by atoms with E-state index in [0.717, 1.165) is 24.2 Å². The van der Waals surface area contributed by atoms with Crippen molar-refractivity contribution in [3.63, 3.8) is 0 Å². The number of hydrogen-bond acceptors (Lipinski definition) is 5. The molecule has 1 N–H and O–H groups in total. The Hall–Kier alpha value is -3.42. The number of piperidine rings is 1. The standard InChI is InChI=1S/C20H20N4O4/c25-19(16-7-9-28-18-6-2-1-5-15(18)10-16)23-8-3-4-14(11-23)12-24-13-17(20(26)27)21-22-24/h1-2,5-7,9-10,13-14H,3-4,8,11-12H2,(H,26,27)/t14-/m1/s1. The summed E-state index contributed by atoms with van der Waals surface area (Å²) in [5, 5.41) is 16.5. The van der Waals surface area contributed by atoms with Crippen molar-refractivity contribution < 1.29 is 19.4 Å². The topological polar surface area (TPSA) is 97.5 Å². The smallest absolute Gasteiger partial charge is 0.358 e. The lowest BCUT2D eigenvalue weighted by Gasteiger charge is -2.32. The Morgan fingerprint density at radius 2 is 2.14 bits per heavy atom. The average Bonchev–Trinajstić information content (AvgIpc) is 3.06. The van der Waals surface area contributed by atoms with Crippen molar-refractivity contribution in [2.24, 2.45) is 5.92 Å². The van der Waals surface area contributed by atoms with Gasteiger partial charge in [-0.1, -0.05) is 23.4 Å². The van der Waals surface area contributed by atoms with Gasteiger partial charge < -0.3 is 14.7 Å². The molecule has 1 saturated heterocycles. The Bertz CT molecular complexity index is 963. The van der Waals surface area contributed by atoms with Gasteiger partial charge in [0.05, 0.1) is 12.5 Å². The molecule has 1 amide bonds. The lowest BCUT2D eigenvalue weighted by molar-refractivity contribution is -0.128. The Labute approximate surface area is 161 Å². The van der Waals surface area contributed by atoms with Crippen LogP contribution in [0.3, 0.4) is 0 Å². The van der Waals surface area contributed by atoms with Gasteiger partial charge in [-0.2, -0.15) is 0 Å². The molecule has 144 valence electrons. The summed E-state index contributed by atoms with van der Waals surface area (Å²) in [4.78, 5) is 25.8. The highest BCUT2D eigenvalue weighted by molar-refractivity contribution is 6.01. The Balaban J connectivity index is 1.46. The first-order valence-electron chi connectivity index (χ1n) is 9.17. The number of amides is 1. The number of ether oxygens (including phenoxy) is 1. The first-order valence-corrected chi connectivity index (χ1v) is 9.17. The summed E-state index contributed by atoms with van der Waals surface area (Å²) in [5.74, 6) is -0.217. The van der Waals surface area contributed by atoms with Crippen LogP contribution in [-0.2, 0) is 11.3 Å². The summed E-state index contributed by atoms with van der Waals surface area (Å²) >= 11 is 0. The van der Waals surface area contributed by atoms with Crippen LogP contribution in [0.4, 0.5) is 0 Å². The lowest BCUT2D eigenvalue weighted by atomic mass is 9.97. The minimum absolute atomic E-state index is 0.0360. The van der Waals surface area contributed by atoms with Gasteiger partial charge in [0.2, 0.25) is 0 Å². The third-order valence-electron chi connectivity index (χ3n) is 4.93. The number of hydrogen-bond donors (Lipinski definition) is 1. The summed E-state index contributed by atoms with van der Waals surface area (Å²) in [7, 11) is 0. The maximum Gasteiger partial charge on any atom is 0.358 e. The van der Waals surface area contributed by atoms with Crippen molar-refractivity contribution in [2.45, 2.75) is 19.4 Å². The van der Waals surface area contributed by atoms with E-state index in [9.17, 15) is 9.59 Å². The average molecular weight is 380 g/mol. The molecule has 1 aromatic heterocycles. The predicted molar refractivity (Wildman–Crippen MR) is 100 cm³/mol. The van der Waals surface area contributed by atoms with Crippen molar-refractivity contribution in [2.75, 3.05) is 13.1 Å². The number of aromatic nitrogens is 3. The Morgan fingerprint density at radius 3 is 2.96 bits per heavy atom. The normalized spacial score (nSPS) is 18.6. The van der Waals surface area contributed by atoms with E-state index < -0.39 is 5.97 Å². The van der Waals surface area contributed by atoms with Crippen molar-refractivity contribution in [1.29, 1.82) is 0 Å². The number of carboxylic acids is 1. The van der Waals surface area contributed by atoms with Crippen LogP contribution in [0.2, 0.25) is 0 Å². The van der Waals surface area contributed by atoms with E-state index in [2.05, 4.69) is 10.3 Å². The van der Waals surface area contributed by atoms with Gasteiger partial charge in [-0.05, 0) is 37.0 Å². The van der Waals surface area contributed by atoms with Gasteiger partial charge in [0.15, 0.2) is 5.69 Å². The first kappa shape index (κ1) is 18.0. The number of para-hydroxylation sites is 1. The fraction of sp³-hybridized carbons (Fsp3) is 0.300. The molecular formula is C20H20N4O4. The van der Waals surface area contributed by atoms with Crippen molar-refractivity contribution in [3.05, 3.63) is 59.6 Å². The molecule has 0 radical (unpaired) electrons. The number of rotatable bonds is 4. The molecule has 1 atom stereocenters. The van der Waals surface area contributed by atoms with Crippen LogP contribution in [-0.4, -0.2) is 50.0 Å². The number of aromatic carboxylic acids is 1. The minimum Gasteiger partial charge on any atom is -0.476 e. The maximum absolute atomic E-state index is 13.0. The molecule has 3 heterocycles. The molecule has 0 saturated carbocycles. The monoisotopic (exact) mass is 380 g/mol. The predicted octanol–water partition coefficient (Wildman–Crippen LogP) is 2.20. The van der Waals surface area contributed by atoms with E-state index in [4.69, 9.17) is 9.84 Å². The molecule has 0 spiro atoms. The van der Waals surface area contributed by atoms with E-state index >= 15 is 0 Å². The van der Waals surface area contributed by atoms with Crippen molar-refractivity contribution >= 4 is 18.0 Å². The van der Waals surface area contributed by atoms with E-state index in [1.807, 2.05) is 35.2 Å². The number of carbonyl (C=O) groups is 2. The molecule has 2 aliphatic rings. The molecule has 1 aromatic carbocycles. The Kier molecular flexibility index (Phi) is 4.92. The maximum atomic E-state index is 13.0. The molecule has 28 heavy (non-hydrogen) atoms. The molecule has 8 nitrogen and oxygen atoms in total. The van der Waals surface area contributed by atoms with Crippen LogP contribution in [0.1, 0.15) is 28.9 Å². The van der Waals surface area contributed by atoms with Gasteiger partial charge in [-0.15, -0.1) is 5.10 Å². The number of nitrogens with zero attached hydrogens (tertiary/aromatic N) is 4. The second kappa shape index (κ2) is 7.67. The van der Waals surface area contributed by atoms with Crippen LogP contribution < -0.4 is 4.74 Å². The quantitative estimate of drug-likeness (QED) is 0.873. The van der Waals surface area contributed by atoms with Crippen LogP contribution in [0.25, 0.3) is 6.08 Å². The van der Waals surface area contributed by atoms with Gasteiger partial charge in [0, 0.05) is 30.8 Å². The number of benzene rings is 1. The summed E-state index contributed by atoms with van der Waals surface area (Å²) in [6.07, 6.45) is 8.35. The molecular weight excluding hydrogens is 360 g/mol. The first-order chi connectivity index (χ1) is 13.6. The van der Waals surface area contributed by atoms with Gasteiger partial charge in [0.25, 0.3) is 5.91 Å². The molecule has 0 unspecified atom stereocenters. The molecule has 0 aliphatic carbocycles. The van der Waals surface area contributed by atoms with Crippen molar-refractivity contribution in [3.8, 4) is 5.75 Å². The highest BCUT2D eigenvalue weighted by atomic mass is 16.5. The van der Waals surface area contributed by atoms with Crippen LogP contribution >= 0.6 is 0 Å². The second-order valence-electron chi connectivity index (χ2n) is 6.95. The Morgan fingerprint density at radius 1 is 1.29 bits per heavy atom. The van der Waals surface area contributed by atoms with Gasteiger partial charge in [-0.25, -0.2) is 4.79 Å². The second-order valence-corrected chi connectivity index (χ2v) is 6.95. The van der Waals surface area contributed by atoms with Crippen LogP contribution in [0.5, 0.6) is 5.75 Å². The molecule has 2 aliphatic heterocycles. The van der Waals surface area contributed by atoms with Gasteiger partial charge in [-0.3, -0.25) is 9.48 Å². The highest BCUT2D eigenvalue weighted by Gasteiger charge is 2.26. The van der Waals surface area contributed by atoms with E-state index in [1.165, 1.54) is 10.9 Å². The summed E-state index contributed by atoms with van der Waals surface area (Å²) in [6, 6.07) is 7.58. The third-order valence-corrected chi connectivity index (χ3v) is 4.93. The molecule has 1 fully saturated rings. The fourth-order valence-electron chi connectivity index (χ4n) is 3.57. The lowest BCUT2D eigenvalue weighted by Crippen LogP contribution is -2.41. The zero-order valence-corrected chi connectivity index (χ0v) is 15.2. The molecule has 4 rings (SSSR count). The molecule has 2 aromatic rings. The number of fused-ring (bicyclic) bond motifs is 1. The summed E-state index contributed by atoms with van der Waals surface area (Å²) in [5.41, 5.74) is 1.38. The largest absolute Gasteiger partial charge is 0.476 e. The molecule has 0 bridgehead atoms. The van der Waals surface area contributed by atoms with Crippen molar-refractivity contribution in [1.82, 2.24) is 19.9 Å². The highest BCUT2D eigenvalue weighted by Crippen LogP contribution is 2.26. The zero-order valence-electron chi connectivity index (χ0n) is 15.2. The summed E-state index contributed by atoms with van der Waals surface area (Å²) in [6.45, 7) is 1.82. The third kappa shape index (κ3) is 3.80. The summed E-state index contributed by atoms with van der Waals surface area (Å²) < 4.78 is 7.11.